The fourth-order valence-corrected chi connectivity index (χ4v) is 2.95. The molecule has 1 aromatic carbocycles. The first-order valence-corrected chi connectivity index (χ1v) is 7.93. The predicted molar refractivity (Wildman–Crippen MR) is 84.2 cm³/mol. The van der Waals surface area contributed by atoms with E-state index in [1.54, 1.807) is 7.11 Å². The molecule has 1 aliphatic rings. The van der Waals surface area contributed by atoms with E-state index in [1.807, 2.05) is 19.1 Å². The summed E-state index contributed by atoms with van der Waals surface area (Å²) in [6, 6.07) is 5.11. The second-order valence-electron chi connectivity index (χ2n) is 5.90. The lowest BCUT2D eigenvalue weighted by atomic mass is 9.96. The van der Waals surface area contributed by atoms with Gasteiger partial charge in [0.2, 0.25) is 0 Å². The summed E-state index contributed by atoms with van der Waals surface area (Å²) >= 11 is 0. The first kappa shape index (κ1) is 16.2. The van der Waals surface area contributed by atoms with Crippen LogP contribution in [0.1, 0.15) is 38.3 Å². The Morgan fingerprint density at radius 3 is 2.67 bits per heavy atom. The molecule has 2 rings (SSSR count). The van der Waals surface area contributed by atoms with E-state index in [-0.39, 0.29) is 11.9 Å². The lowest BCUT2D eigenvalue weighted by Gasteiger charge is -2.31. The van der Waals surface area contributed by atoms with E-state index in [0.717, 1.165) is 13.1 Å². The molecular formula is C17H27FN2O. The van der Waals surface area contributed by atoms with Crippen molar-refractivity contribution in [1.29, 1.82) is 0 Å². The lowest BCUT2D eigenvalue weighted by Crippen LogP contribution is -2.37. The van der Waals surface area contributed by atoms with Crippen molar-refractivity contribution < 1.29 is 9.13 Å². The number of rotatable bonds is 6. The SMILES string of the molecule is CCN1CCC(CNC(C)c2ccc(OC)cc2F)CC1. The van der Waals surface area contributed by atoms with Gasteiger partial charge in [-0.25, -0.2) is 4.39 Å². The average Bonchev–Trinajstić information content (AvgIpc) is 2.52. The minimum absolute atomic E-state index is 0.0279. The highest BCUT2D eigenvalue weighted by atomic mass is 19.1. The van der Waals surface area contributed by atoms with Crippen LogP contribution in [-0.2, 0) is 0 Å². The number of methoxy groups -OCH3 is 1. The van der Waals surface area contributed by atoms with Crippen molar-refractivity contribution in [2.75, 3.05) is 33.3 Å². The highest BCUT2D eigenvalue weighted by Crippen LogP contribution is 2.23. The summed E-state index contributed by atoms with van der Waals surface area (Å²) in [6.07, 6.45) is 2.47. The topological polar surface area (TPSA) is 24.5 Å². The number of hydrogen-bond acceptors (Lipinski definition) is 3. The quantitative estimate of drug-likeness (QED) is 0.872. The molecule has 4 heteroatoms. The van der Waals surface area contributed by atoms with E-state index in [9.17, 15) is 4.39 Å². The molecule has 3 nitrogen and oxygen atoms in total. The highest BCUT2D eigenvalue weighted by molar-refractivity contribution is 5.30. The minimum atomic E-state index is -0.199. The molecule has 1 atom stereocenters. The molecule has 1 unspecified atom stereocenters. The van der Waals surface area contributed by atoms with Crippen LogP contribution in [0.2, 0.25) is 0 Å². The van der Waals surface area contributed by atoms with Crippen LogP contribution in [0.15, 0.2) is 18.2 Å². The number of benzene rings is 1. The third kappa shape index (κ3) is 4.42. The van der Waals surface area contributed by atoms with Crippen molar-refractivity contribution in [3.05, 3.63) is 29.6 Å². The molecule has 1 saturated heterocycles. The highest BCUT2D eigenvalue weighted by Gasteiger charge is 2.19. The van der Waals surface area contributed by atoms with Crippen LogP contribution >= 0.6 is 0 Å². The monoisotopic (exact) mass is 294 g/mol. The van der Waals surface area contributed by atoms with E-state index in [4.69, 9.17) is 4.74 Å². The predicted octanol–water partition coefficient (Wildman–Crippen LogP) is 3.22. The Kier molecular flexibility index (Phi) is 6.00. The summed E-state index contributed by atoms with van der Waals surface area (Å²) in [4.78, 5) is 2.49. The molecule has 0 saturated carbocycles. The van der Waals surface area contributed by atoms with Gasteiger partial charge >= 0.3 is 0 Å². The first-order chi connectivity index (χ1) is 10.1. The van der Waals surface area contributed by atoms with Crippen molar-refractivity contribution in [3.63, 3.8) is 0 Å². The second kappa shape index (κ2) is 7.76. The number of halogens is 1. The third-order valence-electron chi connectivity index (χ3n) is 4.54. The largest absolute Gasteiger partial charge is 0.497 e. The summed E-state index contributed by atoms with van der Waals surface area (Å²) in [6.45, 7) is 8.72. The molecule has 1 fully saturated rings. The molecular weight excluding hydrogens is 267 g/mol. The Labute approximate surface area is 127 Å². The van der Waals surface area contributed by atoms with Gasteiger partial charge in [-0.15, -0.1) is 0 Å². The van der Waals surface area contributed by atoms with Crippen molar-refractivity contribution in [2.45, 2.75) is 32.7 Å². The van der Waals surface area contributed by atoms with E-state index in [1.165, 1.54) is 32.0 Å². The number of nitrogens with one attached hydrogen (secondary N) is 1. The Balaban J connectivity index is 1.83. The van der Waals surface area contributed by atoms with Gasteiger partial charge in [0.15, 0.2) is 0 Å². The van der Waals surface area contributed by atoms with Gasteiger partial charge in [-0.05, 0) is 57.9 Å². The zero-order chi connectivity index (χ0) is 15.2. The van der Waals surface area contributed by atoms with Gasteiger partial charge in [-0.1, -0.05) is 13.0 Å². The molecule has 0 spiro atoms. The number of likely N-dealkylation sites (tertiary alicyclic amines) is 1. The Bertz CT molecular complexity index is 444. The van der Waals surface area contributed by atoms with Crippen LogP contribution in [0.5, 0.6) is 5.75 Å². The summed E-state index contributed by atoms with van der Waals surface area (Å²) in [7, 11) is 1.55. The van der Waals surface area contributed by atoms with Gasteiger partial charge in [0, 0.05) is 17.7 Å². The summed E-state index contributed by atoms with van der Waals surface area (Å²) < 4.78 is 19.1. The van der Waals surface area contributed by atoms with Crippen molar-refractivity contribution in [1.82, 2.24) is 10.2 Å². The normalized spacial score (nSPS) is 18.7. The van der Waals surface area contributed by atoms with Crippen molar-refractivity contribution in [2.24, 2.45) is 5.92 Å². The maximum Gasteiger partial charge on any atom is 0.131 e. The summed E-state index contributed by atoms with van der Waals surface area (Å²) in [5.41, 5.74) is 0.710. The van der Waals surface area contributed by atoms with Crippen molar-refractivity contribution in [3.8, 4) is 5.75 Å². The van der Waals surface area contributed by atoms with Crippen LogP contribution < -0.4 is 10.1 Å². The molecule has 1 N–H and O–H groups in total. The molecule has 0 bridgehead atoms. The van der Waals surface area contributed by atoms with E-state index in [2.05, 4.69) is 17.1 Å². The van der Waals surface area contributed by atoms with Gasteiger partial charge in [0.1, 0.15) is 11.6 Å². The fourth-order valence-electron chi connectivity index (χ4n) is 2.95. The molecule has 0 amide bonds. The van der Waals surface area contributed by atoms with Crippen LogP contribution in [-0.4, -0.2) is 38.2 Å². The zero-order valence-electron chi connectivity index (χ0n) is 13.4. The van der Waals surface area contributed by atoms with Gasteiger partial charge < -0.3 is 15.0 Å². The van der Waals surface area contributed by atoms with E-state index < -0.39 is 0 Å². The van der Waals surface area contributed by atoms with Gasteiger partial charge in [0.25, 0.3) is 0 Å². The number of piperidine rings is 1. The second-order valence-corrected chi connectivity index (χ2v) is 5.90. The Morgan fingerprint density at radius 2 is 2.10 bits per heavy atom. The number of hydrogen-bond donors (Lipinski definition) is 1. The Hall–Kier alpha value is -1.13. The maximum atomic E-state index is 14.0. The molecule has 21 heavy (non-hydrogen) atoms. The van der Waals surface area contributed by atoms with Gasteiger partial charge in [0.05, 0.1) is 7.11 Å². The fraction of sp³-hybridized carbons (Fsp3) is 0.647. The van der Waals surface area contributed by atoms with Crippen LogP contribution in [0.3, 0.4) is 0 Å². The molecule has 0 radical (unpaired) electrons. The standard InChI is InChI=1S/C17H27FN2O/c1-4-20-9-7-14(8-10-20)12-19-13(2)16-6-5-15(21-3)11-17(16)18/h5-6,11,13-14,19H,4,7-10,12H2,1-3H3. The maximum absolute atomic E-state index is 14.0. The molecule has 0 aromatic heterocycles. The van der Waals surface area contributed by atoms with Crippen LogP contribution in [0.4, 0.5) is 4.39 Å². The van der Waals surface area contributed by atoms with Crippen LogP contribution in [0.25, 0.3) is 0 Å². The van der Waals surface area contributed by atoms with E-state index >= 15 is 0 Å². The molecule has 0 aliphatic carbocycles. The average molecular weight is 294 g/mol. The van der Waals surface area contributed by atoms with Gasteiger partial charge in [-0.3, -0.25) is 0 Å². The third-order valence-corrected chi connectivity index (χ3v) is 4.54. The molecule has 1 heterocycles. The minimum Gasteiger partial charge on any atom is -0.497 e. The number of nitrogens with zero attached hydrogens (tertiary/aromatic N) is 1. The summed E-state index contributed by atoms with van der Waals surface area (Å²) in [5, 5.41) is 3.48. The van der Waals surface area contributed by atoms with Crippen LogP contribution in [0, 0.1) is 11.7 Å². The number of ether oxygens (including phenoxy) is 1. The zero-order valence-corrected chi connectivity index (χ0v) is 13.4. The lowest BCUT2D eigenvalue weighted by molar-refractivity contribution is 0.188. The first-order valence-electron chi connectivity index (χ1n) is 7.93. The van der Waals surface area contributed by atoms with E-state index in [0.29, 0.717) is 17.2 Å². The molecule has 1 aromatic rings. The summed E-state index contributed by atoms with van der Waals surface area (Å²) in [5.74, 6) is 1.07. The smallest absolute Gasteiger partial charge is 0.131 e. The molecule has 118 valence electrons. The molecule has 1 aliphatic heterocycles. The Morgan fingerprint density at radius 1 is 1.38 bits per heavy atom. The van der Waals surface area contributed by atoms with Crippen molar-refractivity contribution >= 4 is 0 Å². The van der Waals surface area contributed by atoms with Gasteiger partial charge in [-0.2, -0.15) is 0 Å².